The van der Waals surface area contributed by atoms with Crippen molar-refractivity contribution in [1.82, 2.24) is 15.3 Å². The van der Waals surface area contributed by atoms with Crippen LogP contribution in [-0.2, 0) is 4.79 Å². The summed E-state index contributed by atoms with van der Waals surface area (Å²) < 4.78 is 65.4. The maximum Gasteiger partial charge on any atom is 0.408 e. The van der Waals surface area contributed by atoms with Crippen molar-refractivity contribution < 1.29 is 36.6 Å². The molecule has 0 saturated heterocycles. The van der Waals surface area contributed by atoms with Gasteiger partial charge in [-0.2, -0.15) is 13.2 Å². The number of hydrogen-bond acceptors (Lipinski definition) is 6. The van der Waals surface area contributed by atoms with E-state index < -0.39 is 53.5 Å². The normalized spacial score (nSPS) is 11.4. The molecule has 1 atom stereocenters. The summed E-state index contributed by atoms with van der Waals surface area (Å²) in [5, 5.41) is 13.3. The lowest BCUT2D eigenvalue weighted by Crippen LogP contribution is -2.35. The van der Waals surface area contributed by atoms with Crippen LogP contribution >= 0.6 is 0 Å². The standard InChI is InChI=1S/C18H19N3.C13H13F5N2O3.C2H6/c1-12-7-8-15(16-14(12)6-5-10-19-16)17-18(21(3)4)13(2)9-11-20-17;1-2-9(13(16,17)18)20-6-3-7(14)11(8(15)4-6)12(23)19-5-10(21)22;1-2/h5-11H,1-4H3;3-4,9,20H,2,5H2,1H3,(H,19,23)(H,21,22);1-2H3. The molecule has 2 heterocycles. The fraction of sp³-hybridized carbons (Fsp3) is 0.333. The number of carbonyl (C=O) groups excluding carboxylic acids is 1. The summed E-state index contributed by atoms with van der Waals surface area (Å²) in [7, 11) is 4.11. The van der Waals surface area contributed by atoms with Crippen molar-refractivity contribution in [1.29, 1.82) is 0 Å². The molecule has 1 unspecified atom stereocenters. The van der Waals surface area contributed by atoms with E-state index in [0.717, 1.165) is 22.5 Å². The van der Waals surface area contributed by atoms with Crippen molar-refractivity contribution in [3.05, 3.63) is 83.2 Å². The third-order valence-electron chi connectivity index (χ3n) is 6.63. The molecule has 1 amide bonds. The lowest BCUT2D eigenvalue weighted by atomic mass is 10.00. The molecule has 3 N–H and O–H groups in total. The number of rotatable bonds is 8. The van der Waals surface area contributed by atoms with E-state index in [9.17, 15) is 31.5 Å². The molecular formula is C33H38F5N5O3. The molecule has 0 radical (unpaired) electrons. The Morgan fingerprint density at radius 2 is 1.59 bits per heavy atom. The topological polar surface area (TPSA) is 107 Å². The Kier molecular flexibility index (Phi) is 13.4. The number of pyridine rings is 2. The highest BCUT2D eigenvalue weighted by Crippen LogP contribution is 2.35. The molecule has 2 aromatic carbocycles. The number of hydrogen-bond donors (Lipinski definition) is 3. The van der Waals surface area contributed by atoms with Gasteiger partial charge in [0.05, 0.1) is 16.9 Å². The molecule has 0 aliphatic rings. The van der Waals surface area contributed by atoms with Gasteiger partial charge in [0.25, 0.3) is 5.91 Å². The number of aromatic nitrogens is 2. The number of benzene rings is 2. The van der Waals surface area contributed by atoms with Gasteiger partial charge in [0.1, 0.15) is 29.8 Å². The fourth-order valence-electron chi connectivity index (χ4n) is 4.55. The largest absolute Gasteiger partial charge is 0.480 e. The number of carbonyl (C=O) groups is 2. The first-order valence-corrected chi connectivity index (χ1v) is 14.5. The lowest BCUT2D eigenvalue weighted by molar-refractivity contribution is -0.143. The molecule has 4 rings (SSSR count). The summed E-state index contributed by atoms with van der Waals surface area (Å²) in [6.45, 7) is 8.62. The van der Waals surface area contributed by atoms with E-state index in [0.29, 0.717) is 12.1 Å². The molecule has 4 aromatic rings. The van der Waals surface area contributed by atoms with Crippen LogP contribution in [-0.4, -0.2) is 59.8 Å². The maximum absolute atomic E-state index is 13.8. The quantitative estimate of drug-likeness (QED) is 0.170. The smallest absolute Gasteiger partial charge is 0.408 e. The average molecular weight is 648 g/mol. The van der Waals surface area contributed by atoms with Gasteiger partial charge in [-0.25, -0.2) is 8.78 Å². The summed E-state index contributed by atoms with van der Waals surface area (Å²) in [4.78, 5) is 33.1. The first-order valence-electron chi connectivity index (χ1n) is 14.5. The molecule has 0 bridgehead atoms. The molecule has 0 spiro atoms. The van der Waals surface area contributed by atoms with Crippen LogP contribution in [0.15, 0.2) is 54.9 Å². The van der Waals surface area contributed by atoms with E-state index in [4.69, 9.17) is 5.11 Å². The molecule has 0 fully saturated rings. The maximum atomic E-state index is 13.8. The van der Waals surface area contributed by atoms with Crippen LogP contribution in [0.5, 0.6) is 0 Å². The molecule has 0 aliphatic heterocycles. The predicted molar refractivity (Wildman–Crippen MR) is 170 cm³/mol. The van der Waals surface area contributed by atoms with Crippen LogP contribution in [0.25, 0.3) is 22.2 Å². The second kappa shape index (κ2) is 16.5. The van der Waals surface area contributed by atoms with Crippen molar-refractivity contribution in [3.8, 4) is 11.3 Å². The number of fused-ring (bicyclic) bond motifs is 1. The molecule has 46 heavy (non-hydrogen) atoms. The number of anilines is 2. The number of carboxylic acids is 1. The van der Waals surface area contributed by atoms with Crippen LogP contribution in [0, 0.1) is 25.5 Å². The lowest BCUT2D eigenvalue weighted by Gasteiger charge is -2.21. The van der Waals surface area contributed by atoms with Crippen LogP contribution in [0.4, 0.5) is 33.3 Å². The highest BCUT2D eigenvalue weighted by Gasteiger charge is 2.38. The van der Waals surface area contributed by atoms with E-state index in [1.807, 2.05) is 43.7 Å². The Morgan fingerprint density at radius 1 is 0.957 bits per heavy atom. The zero-order valence-electron chi connectivity index (χ0n) is 26.7. The van der Waals surface area contributed by atoms with Crippen molar-refractivity contribution in [3.63, 3.8) is 0 Å². The van der Waals surface area contributed by atoms with Gasteiger partial charge in [-0.15, -0.1) is 0 Å². The minimum absolute atomic E-state index is 0.367. The van der Waals surface area contributed by atoms with Gasteiger partial charge in [-0.1, -0.05) is 39.0 Å². The van der Waals surface area contributed by atoms with Gasteiger partial charge >= 0.3 is 12.1 Å². The van der Waals surface area contributed by atoms with Gasteiger partial charge in [0.2, 0.25) is 0 Å². The zero-order chi connectivity index (χ0) is 34.8. The molecule has 0 aliphatic carbocycles. The van der Waals surface area contributed by atoms with Gasteiger partial charge in [-0.3, -0.25) is 19.6 Å². The van der Waals surface area contributed by atoms with Crippen molar-refractivity contribution >= 4 is 34.2 Å². The van der Waals surface area contributed by atoms with Gasteiger partial charge < -0.3 is 20.6 Å². The van der Waals surface area contributed by atoms with Crippen molar-refractivity contribution in [2.24, 2.45) is 0 Å². The second-order valence-corrected chi connectivity index (χ2v) is 10.1. The average Bonchev–Trinajstić information content (AvgIpc) is 2.99. The van der Waals surface area contributed by atoms with E-state index in [1.165, 1.54) is 23.4 Å². The minimum Gasteiger partial charge on any atom is -0.480 e. The number of amides is 1. The number of aliphatic carboxylic acids is 1. The molecule has 2 aromatic heterocycles. The SMILES string of the molecule is CC.CCC(Nc1cc(F)c(C(=O)NCC(=O)O)c(F)c1)C(F)(F)F.Cc1ccnc(-c2ccc(C)c3cccnc23)c1N(C)C. The number of nitrogens with one attached hydrogen (secondary N) is 2. The molecule has 248 valence electrons. The number of carboxylic acid groups (broad SMARTS) is 1. The summed E-state index contributed by atoms with van der Waals surface area (Å²) in [5.74, 6) is -5.56. The minimum atomic E-state index is -4.61. The Hall–Kier alpha value is -4.81. The van der Waals surface area contributed by atoms with E-state index >= 15 is 0 Å². The molecule has 8 nitrogen and oxygen atoms in total. The predicted octanol–water partition coefficient (Wildman–Crippen LogP) is 7.54. The highest BCUT2D eigenvalue weighted by molar-refractivity contribution is 5.98. The van der Waals surface area contributed by atoms with Gasteiger partial charge in [-0.05, 0) is 55.7 Å². The van der Waals surface area contributed by atoms with Crippen LogP contribution < -0.4 is 15.5 Å². The third kappa shape index (κ3) is 9.35. The number of alkyl halides is 3. The van der Waals surface area contributed by atoms with Crippen LogP contribution in [0.2, 0.25) is 0 Å². The van der Waals surface area contributed by atoms with E-state index in [2.05, 4.69) is 61.0 Å². The first kappa shape index (κ1) is 37.4. The van der Waals surface area contributed by atoms with Crippen molar-refractivity contribution in [2.45, 2.75) is 53.3 Å². The summed E-state index contributed by atoms with van der Waals surface area (Å²) in [5.41, 5.74) is 5.13. The Bertz CT molecular complexity index is 1640. The first-order chi connectivity index (χ1) is 21.6. The van der Waals surface area contributed by atoms with E-state index in [-0.39, 0.29) is 6.42 Å². The summed E-state index contributed by atoms with van der Waals surface area (Å²) >= 11 is 0. The van der Waals surface area contributed by atoms with E-state index in [1.54, 1.807) is 5.32 Å². The highest BCUT2D eigenvalue weighted by atomic mass is 19.4. The second-order valence-electron chi connectivity index (χ2n) is 10.1. The molecule has 0 saturated carbocycles. The Labute approximate surface area is 264 Å². The molecule has 13 heteroatoms. The van der Waals surface area contributed by atoms with Crippen LogP contribution in [0.1, 0.15) is 48.7 Å². The summed E-state index contributed by atoms with van der Waals surface area (Å²) in [6, 6.07) is 9.47. The van der Waals surface area contributed by atoms with Gasteiger partial charge in [0, 0.05) is 43.1 Å². The number of halogens is 5. The monoisotopic (exact) mass is 647 g/mol. The third-order valence-corrected chi connectivity index (χ3v) is 6.63. The Morgan fingerprint density at radius 3 is 2.13 bits per heavy atom. The van der Waals surface area contributed by atoms with Gasteiger partial charge in [0.15, 0.2) is 0 Å². The number of aryl methyl sites for hydroxylation is 2. The number of nitrogens with zero attached hydrogens (tertiary/aromatic N) is 3. The summed E-state index contributed by atoms with van der Waals surface area (Å²) in [6.07, 6.45) is -1.27. The fourth-order valence-corrected chi connectivity index (χ4v) is 4.55. The van der Waals surface area contributed by atoms with Crippen LogP contribution in [0.3, 0.4) is 0 Å². The Balaban J connectivity index is 0.000000304. The molecular weight excluding hydrogens is 609 g/mol. The zero-order valence-corrected chi connectivity index (χ0v) is 26.7. The van der Waals surface area contributed by atoms with Crippen molar-refractivity contribution in [2.75, 3.05) is 30.9 Å².